The molecule has 0 bridgehead atoms. The molecule has 0 aliphatic heterocycles. The van der Waals surface area contributed by atoms with Gasteiger partial charge in [-0.25, -0.2) is 4.98 Å². The van der Waals surface area contributed by atoms with E-state index in [1.165, 1.54) is 6.07 Å². The first kappa shape index (κ1) is 25.6. The van der Waals surface area contributed by atoms with Crippen molar-refractivity contribution in [3.8, 4) is 0 Å². The zero-order valence-corrected chi connectivity index (χ0v) is 20.0. The topological polar surface area (TPSA) is 108 Å². The second kappa shape index (κ2) is 12.4. The van der Waals surface area contributed by atoms with E-state index in [9.17, 15) is 14.7 Å². The second-order valence-electron chi connectivity index (χ2n) is 7.96. The maximum absolute atomic E-state index is 12.8. The molecular weight excluding hydrogens is 456 g/mol. The van der Waals surface area contributed by atoms with Crippen LogP contribution in [0.2, 0.25) is 5.15 Å². The van der Waals surface area contributed by atoms with Crippen molar-refractivity contribution in [3.63, 3.8) is 0 Å². The molecular formula is C25H29ClN4O4. The Hall–Kier alpha value is -3.04. The van der Waals surface area contributed by atoms with Crippen molar-refractivity contribution in [1.82, 2.24) is 20.2 Å². The van der Waals surface area contributed by atoms with Crippen molar-refractivity contribution < 1.29 is 14.6 Å². The number of benzene rings is 1. The predicted octanol–water partition coefficient (Wildman–Crippen LogP) is 2.75. The van der Waals surface area contributed by atoms with E-state index < -0.39 is 12.2 Å². The van der Waals surface area contributed by atoms with Crippen molar-refractivity contribution in [2.45, 2.75) is 18.6 Å². The number of likely N-dealkylation sites (N-methyl/N-ethyl adjacent to an activating group) is 1. The molecule has 0 aliphatic rings. The van der Waals surface area contributed by atoms with Crippen LogP contribution < -0.4 is 10.9 Å². The third kappa shape index (κ3) is 7.23. The third-order valence-electron chi connectivity index (χ3n) is 5.47. The normalized spacial score (nSPS) is 12.8. The van der Waals surface area contributed by atoms with Gasteiger partial charge in [0, 0.05) is 49.8 Å². The monoisotopic (exact) mass is 484 g/mol. The molecule has 2 atom stereocenters. The minimum atomic E-state index is -0.662. The van der Waals surface area contributed by atoms with Crippen LogP contribution in [0.15, 0.2) is 65.6 Å². The van der Waals surface area contributed by atoms with Gasteiger partial charge in [-0.3, -0.25) is 9.59 Å². The first-order valence-corrected chi connectivity index (χ1v) is 11.3. The maximum Gasteiger partial charge on any atom is 0.253 e. The summed E-state index contributed by atoms with van der Waals surface area (Å²) in [5, 5.41) is 13.8. The lowest BCUT2D eigenvalue weighted by atomic mass is 10.1. The number of amides is 1. The number of ether oxygens (including phenoxy) is 1. The number of hydrogen-bond acceptors (Lipinski definition) is 6. The lowest BCUT2D eigenvalue weighted by Gasteiger charge is -2.23. The zero-order valence-electron chi connectivity index (χ0n) is 19.2. The van der Waals surface area contributed by atoms with Crippen molar-refractivity contribution in [2.75, 3.05) is 33.8 Å². The molecule has 3 N–H and O–H groups in total. The van der Waals surface area contributed by atoms with Crippen LogP contribution in [0.25, 0.3) is 0 Å². The molecule has 0 aliphatic carbocycles. The molecule has 9 heteroatoms. The molecule has 1 amide bonds. The highest BCUT2D eigenvalue weighted by Crippen LogP contribution is 2.16. The van der Waals surface area contributed by atoms with Crippen LogP contribution >= 0.6 is 11.6 Å². The Morgan fingerprint density at radius 1 is 1.21 bits per heavy atom. The fourth-order valence-electron chi connectivity index (χ4n) is 3.49. The number of nitrogens with one attached hydrogen (secondary N) is 2. The highest BCUT2D eigenvalue weighted by molar-refractivity contribution is 6.29. The van der Waals surface area contributed by atoms with Crippen molar-refractivity contribution in [2.24, 2.45) is 0 Å². The summed E-state index contributed by atoms with van der Waals surface area (Å²) in [6.07, 6.45) is 1.22. The van der Waals surface area contributed by atoms with Gasteiger partial charge >= 0.3 is 0 Å². The Bertz CT molecular complexity index is 1120. The van der Waals surface area contributed by atoms with Crippen LogP contribution in [-0.4, -0.2) is 59.7 Å². The van der Waals surface area contributed by atoms with Gasteiger partial charge in [-0.15, -0.1) is 0 Å². The number of nitrogens with zero attached hydrogens (tertiary/aromatic N) is 2. The number of H-pyrrole nitrogens is 1. The van der Waals surface area contributed by atoms with E-state index in [0.717, 1.165) is 12.0 Å². The third-order valence-corrected chi connectivity index (χ3v) is 5.70. The number of halogens is 1. The number of rotatable bonds is 11. The number of pyridine rings is 2. The largest absolute Gasteiger partial charge is 0.387 e. The molecule has 2 heterocycles. The Kier molecular flexibility index (Phi) is 9.35. The zero-order chi connectivity index (χ0) is 24.5. The van der Waals surface area contributed by atoms with E-state index >= 15 is 0 Å². The summed E-state index contributed by atoms with van der Waals surface area (Å²) in [5.41, 5.74) is 2.76. The van der Waals surface area contributed by atoms with Gasteiger partial charge in [-0.1, -0.05) is 35.9 Å². The Morgan fingerprint density at radius 2 is 1.97 bits per heavy atom. The van der Waals surface area contributed by atoms with Crippen molar-refractivity contribution >= 4 is 17.5 Å². The van der Waals surface area contributed by atoms with Gasteiger partial charge in [-0.05, 0) is 42.8 Å². The van der Waals surface area contributed by atoms with E-state index in [-0.39, 0.29) is 11.5 Å². The van der Waals surface area contributed by atoms with Gasteiger partial charge in [0.25, 0.3) is 5.91 Å². The number of aliphatic hydroxyl groups is 1. The quantitative estimate of drug-likeness (QED) is 0.285. The predicted molar refractivity (Wildman–Crippen MR) is 131 cm³/mol. The van der Waals surface area contributed by atoms with Crippen LogP contribution in [0.1, 0.15) is 39.4 Å². The lowest BCUT2D eigenvalue weighted by Crippen LogP contribution is -2.32. The van der Waals surface area contributed by atoms with E-state index in [1.54, 1.807) is 61.7 Å². The summed E-state index contributed by atoms with van der Waals surface area (Å²) in [6.45, 7) is 1.38. The molecule has 1 aromatic carbocycles. The van der Waals surface area contributed by atoms with Crippen LogP contribution in [0.5, 0.6) is 0 Å². The molecule has 0 fully saturated rings. The van der Waals surface area contributed by atoms with E-state index in [4.69, 9.17) is 16.3 Å². The molecule has 0 saturated carbocycles. The highest BCUT2D eigenvalue weighted by atomic mass is 35.5. The molecule has 3 rings (SSSR count). The highest BCUT2D eigenvalue weighted by Gasteiger charge is 2.19. The summed E-state index contributed by atoms with van der Waals surface area (Å²) in [6, 6.07) is 15.7. The standard InChI is InChI=1S/C25H29ClN4O4/c1-30(16-22(34-2)20-4-3-5-24(32)29-20)25(33)18-8-6-17(7-9-18)12-13-27-15-21(31)19-10-11-23(26)28-14-19/h3-11,14,21-22,27,31H,12-13,15-16H2,1-2H3,(H,29,32). The number of aromatic nitrogens is 2. The lowest BCUT2D eigenvalue weighted by molar-refractivity contribution is 0.0524. The second-order valence-corrected chi connectivity index (χ2v) is 8.35. The molecule has 0 spiro atoms. The van der Waals surface area contributed by atoms with E-state index in [1.807, 2.05) is 12.1 Å². The molecule has 2 unspecified atom stereocenters. The fraction of sp³-hybridized carbons (Fsp3) is 0.320. The van der Waals surface area contributed by atoms with Gasteiger partial charge in [0.05, 0.1) is 12.6 Å². The van der Waals surface area contributed by atoms with Gasteiger partial charge in [0.15, 0.2) is 0 Å². The number of hydrogen-bond donors (Lipinski definition) is 3. The van der Waals surface area contributed by atoms with Crippen molar-refractivity contribution in [1.29, 1.82) is 0 Å². The summed E-state index contributed by atoms with van der Waals surface area (Å²) in [4.78, 5) is 32.7. The Balaban J connectivity index is 1.47. The van der Waals surface area contributed by atoms with Gasteiger partial charge < -0.3 is 25.0 Å². The first-order valence-electron chi connectivity index (χ1n) is 10.9. The maximum atomic E-state index is 12.8. The number of methoxy groups -OCH3 is 1. The van der Waals surface area contributed by atoms with Gasteiger partial charge in [-0.2, -0.15) is 0 Å². The molecule has 0 saturated heterocycles. The number of carbonyl (C=O) groups is 1. The first-order chi connectivity index (χ1) is 16.4. The average Bonchev–Trinajstić information content (AvgIpc) is 2.85. The summed E-state index contributed by atoms with van der Waals surface area (Å²) in [7, 11) is 3.25. The van der Waals surface area contributed by atoms with Crippen LogP contribution in [0.4, 0.5) is 0 Å². The Labute approximate surface area is 203 Å². The summed E-state index contributed by atoms with van der Waals surface area (Å²) >= 11 is 5.77. The summed E-state index contributed by atoms with van der Waals surface area (Å²) < 4.78 is 5.47. The van der Waals surface area contributed by atoms with Crippen LogP contribution in [0, 0.1) is 0 Å². The number of aliphatic hydroxyl groups excluding tert-OH is 1. The number of aromatic amines is 1. The Morgan fingerprint density at radius 3 is 2.62 bits per heavy atom. The fourth-order valence-corrected chi connectivity index (χ4v) is 3.60. The van der Waals surface area contributed by atoms with E-state index in [0.29, 0.717) is 41.6 Å². The van der Waals surface area contributed by atoms with Gasteiger partial charge in [0.2, 0.25) is 5.56 Å². The minimum absolute atomic E-state index is 0.135. The molecule has 180 valence electrons. The molecule has 0 radical (unpaired) electrons. The minimum Gasteiger partial charge on any atom is -0.387 e. The number of carbonyl (C=O) groups excluding carboxylic acids is 1. The molecule has 8 nitrogen and oxygen atoms in total. The molecule has 34 heavy (non-hydrogen) atoms. The molecule has 3 aromatic rings. The van der Waals surface area contributed by atoms with Crippen LogP contribution in [0.3, 0.4) is 0 Å². The molecule has 2 aromatic heterocycles. The smallest absolute Gasteiger partial charge is 0.253 e. The van der Waals surface area contributed by atoms with Gasteiger partial charge in [0.1, 0.15) is 11.3 Å². The SMILES string of the molecule is COC(CN(C)C(=O)c1ccc(CCNCC(O)c2ccc(Cl)nc2)cc1)c1cccc(=O)[nH]1. The van der Waals surface area contributed by atoms with E-state index in [2.05, 4.69) is 15.3 Å². The van der Waals surface area contributed by atoms with Crippen LogP contribution in [-0.2, 0) is 11.2 Å². The van der Waals surface area contributed by atoms with Crippen molar-refractivity contribution in [3.05, 3.63) is 98.7 Å². The summed E-state index contributed by atoms with van der Waals surface area (Å²) in [5.74, 6) is -0.135. The average molecular weight is 485 g/mol.